The molecule has 1 saturated carbocycles. The Balaban J connectivity index is 1.62. The Labute approximate surface area is 130 Å². The molecule has 1 aromatic heterocycles. The number of fused-ring (bicyclic) bond motifs is 1. The molecule has 1 fully saturated rings. The molecule has 0 amide bonds. The smallest absolute Gasteiger partial charge is 0.0923 e. The molecule has 3 N–H and O–H groups in total. The molecule has 4 rings (SSSR count). The summed E-state index contributed by atoms with van der Waals surface area (Å²) in [6, 6.07) is 17.6. The van der Waals surface area contributed by atoms with Crippen molar-refractivity contribution < 1.29 is 0 Å². The average molecular weight is 291 g/mol. The molecule has 0 spiro atoms. The molecule has 0 bridgehead atoms. The van der Waals surface area contributed by atoms with Crippen molar-refractivity contribution in [2.75, 3.05) is 0 Å². The third kappa shape index (κ3) is 2.53. The number of rotatable bonds is 2. The number of H-pyrrole nitrogens is 1. The number of hydrogen-bond donors (Lipinski definition) is 2. The molecular formula is C19H21N3. The van der Waals surface area contributed by atoms with E-state index < -0.39 is 0 Å². The van der Waals surface area contributed by atoms with Crippen LogP contribution in [-0.2, 0) is 0 Å². The molecule has 1 aliphatic carbocycles. The van der Waals surface area contributed by atoms with E-state index in [4.69, 9.17) is 5.73 Å². The Kier molecular flexibility index (Phi) is 3.43. The standard InChI is InChI=1S/C19H21N3/c20-17-9-7-14(8-10-17)18-12-19(22-21-18)16-6-5-13-3-1-2-4-15(13)11-16/h1-6,11-12,14,17H,7-10,20H2,(H,21,22). The van der Waals surface area contributed by atoms with Gasteiger partial charge in [-0.05, 0) is 48.6 Å². The first kappa shape index (κ1) is 13.5. The lowest BCUT2D eigenvalue weighted by atomic mass is 9.84. The van der Waals surface area contributed by atoms with Gasteiger partial charge in [-0.1, -0.05) is 36.4 Å². The highest BCUT2D eigenvalue weighted by molar-refractivity contribution is 5.86. The van der Waals surface area contributed by atoms with E-state index in [0.29, 0.717) is 12.0 Å². The molecule has 3 aromatic rings. The van der Waals surface area contributed by atoms with Gasteiger partial charge in [-0.15, -0.1) is 0 Å². The quantitative estimate of drug-likeness (QED) is 0.743. The number of benzene rings is 2. The van der Waals surface area contributed by atoms with Crippen LogP contribution in [0.2, 0.25) is 0 Å². The van der Waals surface area contributed by atoms with Crippen molar-refractivity contribution in [1.29, 1.82) is 0 Å². The van der Waals surface area contributed by atoms with Gasteiger partial charge in [-0.3, -0.25) is 5.10 Å². The first-order chi connectivity index (χ1) is 10.8. The van der Waals surface area contributed by atoms with Gasteiger partial charge in [0.2, 0.25) is 0 Å². The van der Waals surface area contributed by atoms with Crippen molar-refractivity contribution in [3.8, 4) is 11.3 Å². The lowest BCUT2D eigenvalue weighted by Crippen LogP contribution is -2.25. The van der Waals surface area contributed by atoms with E-state index in [-0.39, 0.29) is 0 Å². The topological polar surface area (TPSA) is 54.7 Å². The van der Waals surface area contributed by atoms with E-state index in [1.807, 2.05) is 0 Å². The second-order valence-corrected chi connectivity index (χ2v) is 6.38. The fourth-order valence-corrected chi connectivity index (χ4v) is 3.47. The van der Waals surface area contributed by atoms with Gasteiger partial charge in [-0.2, -0.15) is 5.10 Å². The highest BCUT2D eigenvalue weighted by atomic mass is 15.1. The Bertz CT molecular complexity index is 782. The Morgan fingerprint density at radius 1 is 0.909 bits per heavy atom. The second-order valence-electron chi connectivity index (χ2n) is 6.38. The SMILES string of the molecule is NC1CCC(c2cc(-c3ccc4ccccc4c3)n[nH]2)CC1. The van der Waals surface area contributed by atoms with Crippen LogP contribution in [0.25, 0.3) is 22.0 Å². The van der Waals surface area contributed by atoms with E-state index in [1.54, 1.807) is 0 Å². The minimum absolute atomic E-state index is 0.388. The molecule has 3 heteroatoms. The number of nitrogens with two attached hydrogens (primary N) is 1. The zero-order valence-electron chi connectivity index (χ0n) is 12.6. The Morgan fingerprint density at radius 2 is 1.68 bits per heavy atom. The van der Waals surface area contributed by atoms with E-state index >= 15 is 0 Å². The van der Waals surface area contributed by atoms with Gasteiger partial charge in [0.1, 0.15) is 0 Å². The zero-order valence-corrected chi connectivity index (χ0v) is 12.6. The maximum absolute atomic E-state index is 6.00. The minimum atomic E-state index is 0.388. The van der Waals surface area contributed by atoms with Crippen LogP contribution in [0.1, 0.15) is 37.3 Å². The normalized spacial score (nSPS) is 22.0. The Morgan fingerprint density at radius 3 is 2.50 bits per heavy atom. The van der Waals surface area contributed by atoms with E-state index in [1.165, 1.54) is 34.9 Å². The van der Waals surface area contributed by atoms with Crippen LogP contribution in [0.5, 0.6) is 0 Å². The van der Waals surface area contributed by atoms with Crippen LogP contribution in [0.3, 0.4) is 0 Å². The van der Waals surface area contributed by atoms with E-state index in [2.05, 4.69) is 58.7 Å². The van der Waals surface area contributed by atoms with Gasteiger partial charge in [0.05, 0.1) is 5.69 Å². The molecular weight excluding hydrogens is 270 g/mol. The molecule has 1 heterocycles. The molecule has 112 valence electrons. The third-order valence-electron chi connectivity index (χ3n) is 4.85. The molecule has 0 unspecified atom stereocenters. The van der Waals surface area contributed by atoms with Gasteiger partial charge in [0, 0.05) is 23.2 Å². The number of aromatic amines is 1. The minimum Gasteiger partial charge on any atom is -0.328 e. The number of nitrogens with zero attached hydrogens (tertiary/aromatic N) is 1. The van der Waals surface area contributed by atoms with Crippen molar-refractivity contribution >= 4 is 10.8 Å². The van der Waals surface area contributed by atoms with Crippen molar-refractivity contribution in [1.82, 2.24) is 10.2 Å². The highest BCUT2D eigenvalue weighted by Crippen LogP contribution is 2.33. The molecule has 0 saturated heterocycles. The largest absolute Gasteiger partial charge is 0.328 e. The summed E-state index contributed by atoms with van der Waals surface area (Å²) in [6.45, 7) is 0. The van der Waals surface area contributed by atoms with E-state index in [9.17, 15) is 0 Å². The first-order valence-corrected chi connectivity index (χ1v) is 8.09. The molecule has 1 aliphatic rings. The van der Waals surface area contributed by atoms with Gasteiger partial charge in [-0.25, -0.2) is 0 Å². The lowest BCUT2D eigenvalue weighted by Gasteiger charge is -2.24. The summed E-state index contributed by atoms with van der Waals surface area (Å²) >= 11 is 0. The Hall–Kier alpha value is -2.13. The van der Waals surface area contributed by atoms with Crippen LogP contribution in [0.15, 0.2) is 48.5 Å². The van der Waals surface area contributed by atoms with Crippen LogP contribution in [0.4, 0.5) is 0 Å². The highest BCUT2D eigenvalue weighted by Gasteiger charge is 2.21. The van der Waals surface area contributed by atoms with Crippen molar-refractivity contribution in [2.24, 2.45) is 5.73 Å². The average Bonchev–Trinajstić information content (AvgIpc) is 3.05. The van der Waals surface area contributed by atoms with Crippen LogP contribution < -0.4 is 5.73 Å². The summed E-state index contributed by atoms with van der Waals surface area (Å²) in [5.74, 6) is 0.585. The van der Waals surface area contributed by atoms with Gasteiger partial charge in [0.25, 0.3) is 0 Å². The number of nitrogens with one attached hydrogen (secondary N) is 1. The van der Waals surface area contributed by atoms with Crippen LogP contribution in [-0.4, -0.2) is 16.2 Å². The summed E-state index contributed by atoms with van der Waals surface area (Å²) in [5, 5.41) is 10.3. The lowest BCUT2D eigenvalue weighted by molar-refractivity contribution is 0.390. The van der Waals surface area contributed by atoms with Gasteiger partial charge >= 0.3 is 0 Å². The maximum atomic E-state index is 6.00. The third-order valence-corrected chi connectivity index (χ3v) is 4.85. The van der Waals surface area contributed by atoms with Crippen molar-refractivity contribution in [3.05, 3.63) is 54.2 Å². The molecule has 0 radical (unpaired) electrons. The number of hydrogen-bond acceptors (Lipinski definition) is 2. The monoisotopic (exact) mass is 291 g/mol. The van der Waals surface area contributed by atoms with Crippen molar-refractivity contribution in [2.45, 2.75) is 37.6 Å². The number of aromatic nitrogens is 2. The van der Waals surface area contributed by atoms with Crippen LogP contribution in [0, 0.1) is 0 Å². The van der Waals surface area contributed by atoms with Crippen molar-refractivity contribution in [3.63, 3.8) is 0 Å². The summed E-state index contributed by atoms with van der Waals surface area (Å²) < 4.78 is 0. The van der Waals surface area contributed by atoms with Gasteiger partial charge in [0.15, 0.2) is 0 Å². The fourth-order valence-electron chi connectivity index (χ4n) is 3.47. The zero-order chi connectivity index (χ0) is 14.9. The summed E-state index contributed by atoms with van der Waals surface area (Å²) in [4.78, 5) is 0. The predicted octanol–water partition coefficient (Wildman–Crippen LogP) is 4.21. The summed E-state index contributed by atoms with van der Waals surface area (Å²) in [5.41, 5.74) is 9.47. The molecule has 2 aromatic carbocycles. The van der Waals surface area contributed by atoms with Crippen LogP contribution >= 0.6 is 0 Å². The maximum Gasteiger partial charge on any atom is 0.0923 e. The predicted molar refractivity (Wildman–Crippen MR) is 90.7 cm³/mol. The van der Waals surface area contributed by atoms with E-state index in [0.717, 1.165) is 18.5 Å². The molecule has 22 heavy (non-hydrogen) atoms. The summed E-state index contributed by atoms with van der Waals surface area (Å²) in [6.07, 6.45) is 4.57. The fraction of sp³-hybridized carbons (Fsp3) is 0.316. The second kappa shape index (κ2) is 5.58. The first-order valence-electron chi connectivity index (χ1n) is 8.09. The molecule has 3 nitrogen and oxygen atoms in total. The van der Waals surface area contributed by atoms with Gasteiger partial charge < -0.3 is 5.73 Å². The summed E-state index contributed by atoms with van der Waals surface area (Å²) in [7, 11) is 0. The molecule has 0 atom stereocenters. The molecule has 0 aliphatic heterocycles.